The molecule has 0 bridgehead atoms. The minimum atomic E-state index is 0.370. The Kier molecular flexibility index (Phi) is 4.79. The molecule has 0 aromatic heterocycles. The second-order valence-corrected chi connectivity index (χ2v) is 5.64. The lowest BCUT2D eigenvalue weighted by Gasteiger charge is -2.27. The quantitative estimate of drug-likeness (QED) is 0.865. The molecule has 2 rings (SSSR count). The molecule has 1 aromatic rings. The molecule has 2 nitrogen and oxygen atoms in total. The number of aryl methyl sites for hydroxylation is 1. The molecule has 100 valence electrons. The van der Waals surface area contributed by atoms with Crippen LogP contribution >= 0.6 is 0 Å². The lowest BCUT2D eigenvalue weighted by atomic mass is 10.1. The van der Waals surface area contributed by atoms with Crippen molar-refractivity contribution in [1.29, 1.82) is 0 Å². The van der Waals surface area contributed by atoms with E-state index in [1.807, 2.05) is 0 Å². The summed E-state index contributed by atoms with van der Waals surface area (Å²) in [5.41, 5.74) is 9.00. The summed E-state index contributed by atoms with van der Waals surface area (Å²) >= 11 is 0. The minimum absolute atomic E-state index is 0.370. The molecule has 1 aliphatic carbocycles. The van der Waals surface area contributed by atoms with Gasteiger partial charge >= 0.3 is 0 Å². The van der Waals surface area contributed by atoms with Gasteiger partial charge in [-0.15, -0.1) is 0 Å². The van der Waals surface area contributed by atoms with Crippen LogP contribution in [0.4, 0.5) is 0 Å². The van der Waals surface area contributed by atoms with Crippen molar-refractivity contribution in [2.75, 3.05) is 7.05 Å². The molecule has 0 saturated heterocycles. The third-order valence-corrected chi connectivity index (χ3v) is 4.09. The summed E-state index contributed by atoms with van der Waals surface area (Å²) in [6.45, 7) is 3.24. The van der Waals surface area contributed by atoms with Gasteiger partial charge in [-0.25, -0.2) is 0 Å². The maximum atomic E-state index is 6.16. The van der Waals surface area contributed by atoms with Crippen LogP contribution in [0.1, 0.15) is 43.7 Å². The maximum absolute atomic E-state index is 6.16. The van der Waals surface area contributed by atoms with Crippen molar-refractivity contribution in [1.82, 2.24) is 4.90 Å². The van der Waals surface area contributed by atoms with Crippen molar-refractivity contribution in [3.8, 4) is 0 Å². The minimum Gasteiger partial charge on any atom is -0.326 e. The first kappa shape index (κ1) is 13.6. The second-order valence-electron chi connectivity index (χ2n) is 5.64. The summed E-state index contributed by atoms with van der Waals surface area (Å²) in [5.74, 6) is 0. The molecule has 2 atom stereocenters. The Morgan fingerprint density at radius 1 is 1.17 bits per heavy atom. The fourth-order valence-electron chi connectivity index (χ4n) is 3.02. The summed E-state index contributed by atoms with van der Waals surface area (Å²) in [7, 11) is 2.20. The van der Waals surface area contributed by atoms with Gasteiger partial charge in [-0.3, -0.25) is 4.90 Å². The van der Waals surface area contributed by atoms with E-state index in [2.05, 4.69) is 43.1 Å². The average molecular weight is 246 g/mol. The highest BCUT2D eigenvalue weighted by molar-refractivity contribution is 5.22. The lowest BCUT2D eigenvalue weighted by molar-refractivity contribution is 0.220. The van der Waals surface area contributed by atoms with Gasteiger partial charge in [0.25, 0.3) is 0 Å². The maximum Gasteiger partial charge on any atom is 0.0247 e. The van der Waals surface area contributed by atoms with Gasteiger partial charge in [-0.05, 0) is 37.4 Å². The highest BCUT2D eigenvalue weighted by atomic mass is 15.1. The Labute approximate surface area is 111 Å². The molecule has 1 aliphatic rings. The number of benzene rings is 1. The molecular formula is C16H26N2. The van der Waals surface area contributed by atoms with E-state index in [-0.39, 0.29) is 0 Å². The third kappa shape index (κ3) is 3.33. The van der Waals surface area contributed by atoms with Crippen LogP contribution in [0.2, 0.25) is 0 Å². The number of hydrogen-bond donors (Lipinski definition) is 1. The summed E-state index contributed by atoms with van der Waals surface area (Å²) in [4.78, 5) is 2.42. The van der Waals surface area contributed by atoms with Crippen LogP contribution in [0.5, 0.6) is 0 Å². The van der Waals surface area contributed by atoms with Crippen molar-refractivity contribution in [3.05, 3.63) is 35.4 Å². The van der Waals surface area contributed by atoms with Crippen LogP contribution in [0, 0.1) is 0 Å². The Balaban J connectivity index is 1.92. The molecule has 0 radical (unpaired) electrons. The highest BCUT2D eigenvalue weighted by Crippen LogP contribution is 2.23. The summed E-state index contributed by atoms with van der Waals surface area (Å²) < 4.78 is 0. The van der Waals surface area contributed by atoms with Gasteiger partial charge in [0.2, 0.25) is 0 Å². The molecule has 2 N–H and O–H groups in total. The number of nitrogens with two attached hydrogens (primary N) is 1. The second kappa shape index (κ2) is 6.35. The lowest BCUT2D eigenvalue weighted by Crippen LogP contribution is -2.41. The predicted octanol–water partition coefficient (Wildman–Crippen LogP) is 2.95. The van der Waals surface area contributed by atoms with Crippen LogP contribution in [-0.4, -0.2) is 24.0 Å². The molecule has 1 fully saturated rings. The van der Waals surface area contributed by atoms with E-state index in [0.717, 1.165) is 6.54 Å². The summed E-state index contributed by atoms with van der Waals surface area (Å²) in [5, 5.41) is 0. The number of nitrogens with zero attached hydrogens (tertiary/aromatic N) is 1. The van der Waals surface area contributed by atoms with Crippen LogP contribution in [0.3, 0.4) is 0 Å². The fourth-order valence-corrected chi connectivity index (χ4v) is 3.02. The number of hydrogen-bond acceptors (Lipinski definition) is 2. The van der Waals surface area contributed by atoms with Crippen LogP contribution in [0.15, 0.2) is 24.3 Å². The molecule has 1 aromatic carbocycles. The molecule has 2 heteroatoms. The molecule has 0 spiro atoms. The zero-order chi connectivity index (χ0) is 13.0. The van der Waals surface area contributed by atoms with E-state index in [4.69, 9.17) is 5.73 Å². The average Bonchev–Trinajstić information content (AvgIpc) is 2.78. The highest BCUT2D eigenvalue weighted by Gasteiger charge is 2.27. The smallest absolute Gasteiger partial charge is 0.0247 e. The Morgan fingerprint density at radius 3 is 2.39 bits per heavy atom. The molecule has 2 unspecified atom stereocenters. The van der Waals surface area contributed by atoms with E-state index >= 15 is 0 Å². The van der Waals surface area contributed by atoms with Crippen LogP contribution in [0.25, 0.3) is 0 Å². The SMILES string of the molecule is CCCc1ccc(CN(C)C2CCCC2N)cc1. The van der Waals surface area contributed by atoms with Crippen molar-refractivity contribution in [2.45, 2.75) is 57.7 Å². The molecule has 0 heterocycles. The Hall–Kier alpha value is -0.860. The normalized spacial score (nSPS) is 23.8. The van der Waals surface area contributed by atoms with Crippen molar-refractivity contribution in [3.63, 3.8) is 0 Å². The van der Waals surface area contributed by atoms with Gasteiger partial charge in [-0.2, -0.15) is 0 Å². The Bertz CT molecular complexity index is 358. The van der Waals surface area contributed by atoms with Crippen LogP contribution < -0.4 is 5.73 Å². The number of likely N-dealkylation sites (N-methyl/N-ethyl adjacent to an activating group) is 1. The van der Waals surface area contributed by atoms with Gasteiger partial charge in [0, 0.05) is 18.6 Å². The van der Waals surface area contributed by atoms with Gasteiger partial charge in [0.15, 0.2) is 0 Å². The first-order valence-electron chi connectivity index (χ1n) is 7.24. The largest absolute Gasteiger partial charge is 0.326 e. The molecule has 1 saturated carbocycles. The van der Waals surface area contributed by atoms with Gasteiger partial charge in [0.1, 0.15) is 0 Å². The van der Waals surface area contributed by atoms with E-state index in [1.165, 1.54) is 43.2 Å². The topological polar surface area (TPSA) is 29.3 Å². The van der Waals surface area contributed by atoms with E-state index in [9.17, 15) is 0 Å². The summed E-state index contributed by atoms with van der Waals surface area (Å²) in [6, 6.07) is 10.0. The van der Waals surface area contributed by atoms with Crippen molar-refractivity contribution < 1.29 is 0 Å². The first-order valence-corrected chi connectivity index (χ1v) is 7.24. The van der Waals surface area contributed by atoms with Crippen LogP contribution in [-0.2, 0) is 13.0 Å². The van der Waals surface area contributed by atoms with E-state index in [1.54, 1.807) is 0 Å². The van der Waals surface area contributed by atoms with Crippen molar-refractivity contribution in [2.24, 2.45) is 5.73 Å². The van der Waals surface area contributed by atoms with E-state index in [0.29, 0.717) is 12.1 Å². The Morgan fingerprint density at radius 2 is 1.83 bits per heavy atom. The third-order valence-electron chi connectivity index (χ3n) is 4.09. The van der Waals surface area contributed by atoms with Gasteiger partial charge in [-0.1, -0.05) is 44.0 Å². The van der Waals surface area contributed by atoms with E-state index < -0.39 is 0 Å². The predicted molar refractivity (Wildman–Crippen MR) is 77.5 cm³/mol. The molecule has 18 heavy (non-hydrogen) atoms. The fraction of sp³-hybridized carbons (Fsp3) is 0.625. The van der Waals surface area contributed by atoms with Gasteiger partial charge < -0.3 is 5.73 Å². The monoisotopic (exact) mass is 246 g/mol. The summed E-state index contributed by atoms with van der Waals surface area (Å²) in [6.07, 6.45) is 6.13. The van der Waals surface area contributed by atoms with Crippen molar-refractivity contribution >= 4 is 0 Å². The number of rotatable bonds is 5. The first-order chi connectivity index (χ1) is 8.70. The molecule has 0 aliphatic heterocycles. The van der Waals surface area contributed by atoms with Gasteiger partial charge in [0.05, 0.1) is 0 Å². The molecule has 0 amide bonds. The zero-order valence-electron chi connectivity index (χ0n) is 11.7. The molecular weight excluding hydrogens is 220 g/mol. The zero-order valence-corrected chi connectivity index (χ0v) is 11.7. The standard InChI is InChI=1S/C16H26N2/c1-3-5-13-8-10-14(11-9-13)12-18(2)16-7-4-6-15(16)17/h8-11,15-16H,3-7,12,17H2,1-2H3.